The van der Waals surface area contributed by atoms with Gasteiger partial charge in [0.15, 0.2) is 0 Å². The summed E-state index contributed by atoms with van der Waals surface area (Å²) < 4.78 is 0. The van der Waals surface area contributed by atoms with Crippen LogP contribution in [0.2, 0.25) is 0 Å². The number of non-ortho nitro benzene ring substituents is 2. The molecule has 1 saturated carbocycles. The fourth-order valence-corrected chi connectivity index (χ4v) is 4.82. The second-order valence-electron chi connectivity index (χ2n) is 8.48. The molecule has 0 amide bonds. The molecule has 3 aromatic carbocycles. The number of fused-ring (bicyclic) bond motifs is 1. The van der Waals surface area contributed by atoms with Gasteiger partial charge in [0.1, 0.15) is 0 Å². The highest BCUT2D eigenvalue weighted by atomic mass is 16.6. The first-order valence-electron chi connectivity index (χ1n) is 11.1. The quantitative estimate of drug-likeness (QED) is 0.332. The van der Waals surface area contributed by atoms with E-state index in [1.54, 1.807) is 24.3 Å². The van der Waals surface area contributed by atoms with Gasteiger partial charge in [0.25, 0.3) is 11.4 Å². The summed E-state index contributed by atoms with van der Waals surface area (Å²) in [4.78, 5) is 21.3. The fourth-order valence-electron chi connectivity index (χ4n) is 4.82. The monoisotopic (exact) mass is 454 g/mol. The molecule has 2 aliphatic rings. The van der Waals surface area contributed by atoms with Crippen molar-refractivity contribution in [3.05, 3.63) is 116 Å². The van der Waals surface area contributed by atoms with Gasteiger partial charge in [0.05, 0.1) is 27.3 Å². The second kappa shape index (κ2) is 8.90. The van der Waals surface area contributed by atoms with Crippen LogP contribution in [0.4, 0.5) is 17.1 Å². The van der Waals surface area contributed by atoms with Crippen molar-refractivity contribution >= 4 is 28.8 Å². The molecule has 1 aliphatic carbocycles. The van der Waals surface area contributed by atoms with E-state index in [1.165, 1.54) is 24.3 Å². The molecule has 1 heterocycles. The summed E-state index contributed by atoms with van der Waals surface area (Å²) in [5.74, 6) is 0.177. The maximum absolute atomic E-state index is 11.1. The summed E-state index contributed by atoms with van der Waals surface area (Å²) in [5, 5.41) is 29.1. The Kier molecular flexibility index (Phi) is 5.63. The number of anilines is 1. The van der Waals surface area contributed by atoms with Gasteiger partial charge in [0.2, 0.25) is 0 Å². The van der Waals surface area contributed by atoms with Crippen molar-refractivity contribution in [2.75, 3.05) is 5.01 Å². The zero-order valence-electron chi connectivity index (χ0n) is 18.3. The third-order valence-corrected chi connectivity index (χ3v) is 6.41. The zero-order valence-corrected chi connectivity index (χ0v) is 18.3. The van der Waals surface area contributed by atoms with E-state index in [1.807, 2.05) is 23.2 Å². The Balaban J connectivity index is 1.55. The number of nitro groups is 2. The molecule has 8 heteroatoms. The number of allylic oxidation sites excluding steroid dienone is 1. The lowest BCUT2D eigenvalue weighted by atomic mass is 9.77. The predicted octanol–water partition coefficient (Wildman–Crippen LogP) is 6.30. The smallest absolute Gasteiger partial charge is 0.258 e. The van der Waals surface area contributed by atoms with E-state index >= 15 is 0 Å². The maximum atomic E-state index is 11.1. The van der Waals surface area contributed by atoms with Crippen LogP contribution >= 0.6 is 0 Å². The molecule has 3 aromatic rings. The summed E-state index contributed by atoms with van der Waals surface area (Å²) in [6.07, 6.45) is 4.94. The minimum Gasteiger partial charge on any atom is -0.258 e. The first kappa shape index (κ1) is 21.5. The van der Waals surface area contributed by atoms with Crippen LogP contribution in [0.5, 0.6) is 0 Å². The van der Waals surface area contributed by atoms with Crippen LogP contribution in [-0.4, -0.2) is 15.6 Å². The lowest BCUT2D eigenvalue weighted by Gasteiger charge is -2.30. The third kappa shape index (κ3) is 4.05. The average molecular weight is 454 g/mol. The SMILES string of the molecule is O=[N+]([O-])c1ccc(/C=C2/CCC[C@@H]3C2=NN(c2ccc([N+](=O)[O-])cc2)[C@@H]3c2ccccc2)cc1. The van der Waals surface area contributed by atoms with Gasteiger partial charge < -0.3 is 0 Å². The molecule has 0 radical (unpaired) electrons. The highest BCUT2D eigenvalue weighted by Crippen LogP contribution is 2.46. The molecule has 170 valence electrons. The standard InChI is InChI=1S/C26H22N4O4/c31-29(32)22-11-9-18(10-12-22)17-20-7-4-8-24-25(20)27-28(26(24)19-5-2-1-3-6-19)21-13-15-23(16-14-21)30(33)34/h1-3,5-6,9-17,24,26H,4,7-8H2/b20-17-/t24-,26-/m1/s1. The first-order valence-corrected chi connectivity index (χ1v) is 11.1. The highest BCUT2D eigenvalue weighted by molar-refractivity contribution is 6.08. The lowest BCUT2D eigenvalue weighted by Crippen LogP contribution is -2.28. The van der Waals surface area contributed by atoms with E-state index in [0.717, 1.165) is 47.4 Å². The summed E-state index contributed by atoms with van der Waals surface area (Å²) >= 11 is 0. The summed E-state index contributed by atoms with van der Waals surface area (Å²) in [7, 11) is 0. The molecule has 8 nitrogen and oxygen atoms in total. The van der Waals surface area contributed by atoms with Crippen LogP contribution in [0.3, 0.4) is 0 Å². The Morgan fingerprint density at radius 1 is 0.853 bits per heavy atom. The maximum Gasteiger partial charge on any atom is 0.269 e. The van der Waals surface area contributed by atoms with Gasteiger partial charge in [-0.25, -0.2) is 0 Å². The number of hydrogen-bond acceptors (Lipinski definition) is 6. The van der Waals surface area contributed by atoms with Crippen LogP contribution < -0.4 is 5.01 Å². The largest absolute Gasteiger partial charge is 0.269 e. The second-order valence-corrected chi connectivity index (χ2v) is 8.48. The van der Waals surface area contributed by atoms with Crippen molar-refractivity contribution in [3.63, 3.8) is 0 Å². The van der Waals surface area contributed by atoms with E-state index < -0.39 is 9.85 Å². The zero-order chi connectivity index (χ0) is 23.7. The highest BCUT2D eigenvalue weighted by Gasteiger charge is 2.41. The van der Waals surface area contributed by atoms with Gasteiger partial charge >= 0.3 is 0 Å². The van der Waals surface area contributed by atoms with Crippen molar-refractivity contribution in [2.24, 2.45) is 11.0 Å². The predicted molar refractivity (Wildman–Crippen MR) is 131 cm³/mol. The van der Waals surface area contributed by atoms with Gasteiger partial charge in [0, 0.05) is 30.2 Å². The van der Waals surface area contributed by atoms with Crippen LogP contribution in [0.1, 0.15) is 36.4 Å². The Labute approximate surface area is 196 Å². The summed E-state index contributed by atoms with van der Waals surface area (Å²) in [5.41, 5.74) is 5.08. The number of benzene rings is 3. The topological polar surface area (TPSA) is 102 Å². The van der Waals surface area contributed by atoms with E-state index in [0.29, 0.717) is 0 Å². The summed E-state index contributed by atoms with van der Waals surface area (Å²) in [6.45, 7) is 0. The molecule has 1 fully saturated rings. The molecule has 0 unspecified atom stereocenters. The van der Waals surface area contributed by atoms with Gasteiger partial charge in [-0.2, -0.15) is 5.10 Å². The molecule has 0 N–H and O–H groups in total. The Hall–Kier alpha value is -4.33. The molecule has 34 heavy (non-hydrogen) atoms. The molecule has 1 aliphatic heterocycles. The van der Waals surface area contributed by atoms with Crippen molar-refractivity contribution in [2.45, 2.75) is 25.3 Å². The minimum atomic E-state index is -0.404. The van der Waals surface area contributed by atoms with Crippen LogP contribution in [0.15, 0.2) is 89.5 Å². The lowest BCUT2D eigenvalue weighted by molar-refractivity contribution is -0.385. The van der Waals surface area contributed by atoms with Crippen molar-refractivity contribution in [3.8, 4) is 0 Å². The Morgan fingerprint density at radius 3 is 2.09 bits per heavy atom. The third-order valence-electron chi connectivity index (χ3n) is 6.41. The number of hydrazone groups is 1. The van der Waals surface area contributed by atoms with E-state index in [-0.39, 0.29) is 23.3 Å². The molecule has 0 saturated heterocycles. The normalized spacial score (nSPS) is 20.6. The molecule has 0 spiro atoms. The Bertz CT molecular complexity index is 1280. The molecular weight excluding hydrogens is 432 g/mol. The van der Waals surface area contributed by atoms with Gasteiger partial charge in [-0.1, -0.05) is 30.3 Å². The fraction of sp³-hybridized carbons (Fsp3) is 0.192. The molecular formula is C26H22N4O4. The minimum absolute atomic E-state index is 0.0155. The molecule has 0 aromatic heterocycles. The van der Waals surface area contributed by atoms with Crippen molar-refractivity contribution in [1.82, 2.24) is 0 Å². The summed E-state index contributed by atoms with van der Waals surface area (Å²) in [6, 6.07) is 23.2. The van der Waals surface area contributed by atoms with E-state index in [9.17, 15) is 20.2 Å². The number of nitro benzene ring substituents is 2. The van der Waals surface area contributed by atoms with Crippen LogP contribution in [-0.2, 0) is 0 Å². The number of rotatable bonds is 5. The molecule has 5 rings (SSSR count). The number of nitrogens with zero attached hydrogens (tertiary/aromatic N) is 4. The van der Waals surface area contributed by atoms with E-state index in [4.69, 9.17) is 5.10 Å². The molecule has 2 atom stereocenters. The Morgan fingerprint density at radius 2 is 1.47 bits per heavy atom. The van der Waals surface area contributed by atoms with Gasteiger partial charge in [-0.3, -0.25) is 25.2 Å². The number of hydrogen-bond donors (Lipinski definition) is 0. The molecule has 0 bridgehead atoms. The first-order chi connectivity index (χ1) is 16.5. The average Bonchev–Trinajstić information content (AvgIpc) is 3.25. The van der Waals surface area contributed by atoms with Crippen molar-refractivity contribution < 1.29 is 9.85 Å². The van der Waals surface area contributed by atoms with Crippen LogP contribution in [0.25, 0.3) is 6.08 Å². The van der Waals surface area contributed by atoms with Crippen molar-refractivity contribution in [1.29, 1.82) is 0 Å². The van der Waals surface area contributed by atoms with Gasteiger partial charge in [-0.05, 0) is 66.3 Å². The van der Waals surface area contributed by atoms with Crippen LogP contribution in [0, 0.1) is 26.1 Å². The van der Waals surface area contributed by atoms with Gasteiger partial charge in [-0.15, -0.1) is 0 Å². The van der Waals surface area contributed by atoms with E-state index in [2.05, 4.69) is 18.2 Å².